The average Bonchev–Trinajstić information content (AvgIpc) is 2.64. The molecule has 2 heterocycles. The van der Waals surface area contributed by atoms with Crippen molar-refractivity contribution in [3.8, 4) is 11.5 Å². The average molecular weight is 379 g/mol. The molecule has 0 saturated carbocycles. The lowest BCUT2D eigenvalue weighted by atomic mass is 9.98. The van der Waals surface area contributed by atoms with Gasteiger partial charge in [-0.1, -0.05) is 0 Å². The van der Waals surface area contributed by atoms with Crippen molar-refractivity contribution >= 4 is 11.7 Å². The summed E-state index contributed by atoms with van der Waals surface area (Å²) in [6.45, 7) is 1.83. The highest BCUT2D eigenvalue weighted by Crippen LogP contribution is 2.33. The zero-order valence-electron chi connectivity index (χ0n) is 14.8. The van der Waals surface area contributed by atoms with Gasteiger partial charge >= 0.3 is 12.2 Å². The number of ether oxygens (including phenoxy) is 1. The maximum absolute atomic E-state index is 12.9. The van der Waals surface area contributed by atoms with E-state index in [0.29, 0.717) is 30.2 Å². The number of carbonyl (C=O) groups is 1. The number of aromatic nitrogens is 1. The monoisotopic (exact) mass is 379 g/mol. The summed E-state index contributed by atoms with van der Waals surface area (Å²) in [6.07, 6.45) is -0.646. The number of nitrogens with zero attached hydrogens (tertiary/aromatic N) is 2. The van der Waals surface area contributed by atoms with Crippen LogP contribution in [0, 0.1) is 12.8 Å². The van der Waals surface area contributed by atoms with Gasteiger partial charge in [0.05, 0.1) is 12.1 Å². The topological polar surface area (TPSA) is 54.5 Å². The van der Waals surface area contributed by atoms with E-state index in [1.165, 1.54) is 4.90 Å². The van der Waals surface area contributed by atoms with Crippen LogP contribution < -0.4 is 10.1 Å². The molecular weight excluding hydrogens is 359 g/mol. The van der Waals surface area contributed by atoms with Crippen LogP contribution in [0.2, 0.25) is 0 Å². The summed E-state index contributed by atoms with van der Waals surface area (Å²) >= 11 is 0. The fourth-order valence-corrected chi connectivity index (χ4v) is 3.01. The lowest BCUT2D eigenvalue weighted by Gasteiger charge is -2.33. The van der Waals surface area contributed by atoms with Gasteiger partial charge in [0.15, 0.2) is 0 Å². The minimum absolute atomic E-state index is 0.0623. The first-order valence-corrected chi connectivity index (χ1v) is 8.64. The van der Waals surface area contributed by atoms with E-state index in [1.54, 1.807) is 42.7 Å². The second kappa shape index (κ2) is 7.85. The van der Waals surface area contributed by atoms with Gasteiger partial charge in [0, 0.05) is 25.0 Å². The molecule has 0 aliphatic carbocycles. The Hall–Kier alpha value is -2.77. The van der Waals surface area contributed by atoms with Crippen LogP contribution in [0.3, 0.4) is 0 Å². The molecule has 1 aromatic carbocycles. The van der Waals surface area contributed by atoms with Crippen molar-refractivity contribution < 1.29 is 22.7 Å². The number of rotatable bonds is 3. The minimum Gasteiger partial charge on any atom is -0.455 e. The van der Waals surface area contributed by atoms with E-state index in [0.717, 1.165) is 5.56 Å². The van der Waals surface area contributed by atoms with Gasteiger partial charge in [-0.15, -0.1) is 0 Å². The van der Waals surface area contributed by atoms with Gasteiger partial charge in [-0.25, -0.2) is 4.79 Å². The molecule has 5 nitrogen and oxygen atoms in total. The molecule has 1 atom stereocenters. The normalized spacial score (nSPS) is 17.5. The predicted octanol–water partition coefficient (Wildman–Crippen LogP) is 4.99. The van der Waals surface area contributed by atoms with E-state index < -0.39 is 18.1 Å². The highest BCUT2D eigenvalue weighted by atomic mass is 19.4. The van der Waals surface area contributed by atoms with Crippen LogP contribution in [0.15, 0.2) is 42.7 Å². The maximum atomic E-state index is 12.9. The number of anilines is 1. The van der Waals surface area contributed by atoms with Crippen LogP contribution in [-0.2, 0) is 0 Å². The largest absolute Gasteiger partial charge is 0.455 e. The molecule has 0 spiro atoms. The molecule has 0 radical (unpaired) electrons. The summed E-state index contributed by atoms with van der Waals surface area (Å²) in [5.41, 5.74) is 1.29. The van der Waals surface area contributed by atoms with E-state index >= 15 is 0 Å². The van der Waals surface area contributed by atoms with Crippen molar-refractivity contribution in [2.24, 2.45) is 5.92 Å². The minimum atomic E-state index is -4.28. The summed E-state index contributed by atoms with van der Waals surface area (Å²) in [5, 5.41) is 2.67. The van der Waals surface area contributed by atoms with Crippen LogP contribution in [0.5, 0.6) is 11.5 Å². The molecule has 3 rings (SSSR count). The Kier molecular flexibility index (Phi) is 5.53. The summed E-state index contributed by atoms with van der Waals surface area (Å²) in [6, 6.07) is 8.08. The third-order valence-corrected chi connectivity index (χ3v) is 4.46. The first-order valence-electron chi connectivity index (χ1n) is 8.64. The molecule has 1 N–H and O–H groups in total. The number of halogens is 3. The molecule has 27 heavy (non-hydrogen) atoms. The van der Waals surface area contributed by atoms with Crippen LogP contribution in [-0.4, -0.2) is 35.2 Å². The fraction of sp³-hybridized carbons (Fsp3) is 0.368. The van der Waals surface area contributed by atoms with Crippen LogP contribution in [0.25, 0.3) is 0 Å². The quantitative estimate of drug-likeness (QED) is 0.818. The van der Waals surface area contributed by atoms with Gasteiger partial charge < -0.3 is 15.0 Å². The Morgan fingerprint density at radius 1 is 1.33 bits per heavy atom. The number of hydrogen-bond acceptors (Lipinski definition) is 3. The molecule has 1 aliphatic rings. The van der Waals surface area contributed by atoms with E-state index in [4.69, 9.17) is 4.74 Å². The molecule has 1 fully saturated rings. The summed E-state index contributed by atoms with van der Waals surface area (Å²) in [5.74, 6) is -0.269. The molecule has 1 aliphatic heterocycles. The summed E-state index contributed by atoms with van der Waals surface area (Å²) in [4.78, 5) is 17.5. The SMILES string of the molecule is Cc1cc(NC(=O)N2CCC[C@H](C(F)(F)F)C2)ccc1Oc1cccnc1. The number of carbonyl (C=O) groups excluding carboxylic acids is 1. The molecule has 1 aromatic heterocycles. The zero-order chi connectivity index (χ0) is 19.4. The molecule has 0 unspecified atom stereocenters. The Morgan fingerprint density at radius 2 is 2.15 bits per heavy atom. The Balaban J connectivity index is 1.63. The number of urea groups is 1. The first kappa shape index (κ1) is 19.0. The van der Waals surface area contributed by atoms with Gasteiger partial charge in [0.1, 0.15) is 11.5 Å². The number of piperidine rings is 1. The predicted molar refractivity (Wildman–Crippen MR) is 94.9 cm³/mol. The zero-order valence-corrected chi connectivity index (χ0v) is 14.8. The first-order chi connectivity index (χ1) is 12.8. The van der Waals surface area contributed by atoms with Crippen LogP contribution in [0.4, 0.5) is 23.7 Å². The number of hydrogen-bond donors (Lipinski definition) is 1. The summed E-state index contributed by atoms with van der Waals surface area (Å²) < 4.78 is 44.4. The van der Waals surface area contributed by atoms with E-state index in [1.807, 2.05) is 6.92 Å². The molecule has 8 heteroatoms. The second-order valence-corrected chi connectivity index (χ2v) is 6.53. The van der Waals surface area contributed by atoms with Crippen molar-refractivity contribution in [3.05, 3.63) is 48.3 Å². The number of nitrogens with one attached hydrogen (secondary N) is 1. The molecule has 144 valence electrons. The van der Waals surface area contributed by atoms with Crippen molar-refractivity contribution in [1.29, 1.82) is 0 Å². The molecule has 2 amide bonds. The number of benzene rings is 1. The Morgan fingerprint density at radius 3 is 2.81 bits per heavy atom. The fourth-order valence-electron chi connectivity index (χ4n) is 3.01. The number of amides is 2. The lowest BCUT2D eigenvalue weighted by Crippen LogP contribution is -2.46. The van der Waals surface area contributed by atoms with Crippen molar-refractivity contribution in [3.63, 3.8) is 0 Å². The van der Waals surface area contributed by atoms with Crippen LogP contribution in [0.1, 0.15) is 18.4 Å². The number of likely N-dealkylation sites (tertiary alicyclic amines) is 1. The van der Waals surface area contributed by atoms with E-state index in [-0.39, 0.29) is 13.0 Å². The van der Waals surface area contributed by atoms with E-state index in [9.17, 15) is 18.0 Å². The second-order valence-electron chi connectivity index (χ2n) is 6.53. The van der Waals surface area contributed by atoms with Crippen molar-refractivity contribution in [1.82, 2.24) is 9.88 Å². The molecule has 1 saturated heterocycles. The van der Waals surface area contributed by atoms with Gasteiger partial charge in [-0.2, -0.15) is 13.2 Å². The van der Waals surface area contributed by atoms with Gasteiger partial charge in [0.2, 0.25) is 0 Å². The third kappa shape index (κ3) is 4.90. The van der Waals surface area contributed by atoms with Gasteiger partial charge in [-0.05, 0) is 55.7 Å². The maximum Gasteiger partial charge on any atom is 0.393 e. The van der Waals surface area contributed by atoms with Crippen LogP contribution >= 0.6 is 0 Å². The summed E-state index contributed by atoms with van der Waals surface area (Å²) in [7, 11) is 0. The molecule has 0 bridgehead atoms. The molecular formula is C19H20F3N3O2. The van der Waals surface area contributed by atoms with Gasteiger partial charge in [0.25, 0.3) is 0 Å². The molecule has 2 aromatic rings. The Labute approximate surface area is 155 Å². The lowest BCUT2D eigenvalue weighted by molar-refractivity contribution is -0.183. The van der Waals surface area contributed by atoms with Gasteiger partial charge in [-0.3, -0.25) is 4.98 Å². The van der Waals surface area contributed by atoms with Crippen molar-refractivity contribution in [2.45, 2.75) is 25.9 Å². The smallest absolute Gasteiger partial charge is 0.393 e. The van der Waals surface area contributed by atoms with Crippen molar-refractivity contribution in [2.75, 3.05) is 18.4 Å². The number of alkyl halides is 3. The third-order valence-electron chi connectivity index (χ3n) is 4.46. The number of aryl methyl sites for hydroxylation is 1. The highest BCUT2D eigenvalue weighted by molar-refractivity contribution is 5.89. The van der Waals surface area contributed by atoms with E-state index in [2.05, 4.69) is 10.3 Å². The standard InChI is InChI=1S/C19H20F3N3O2/c1-13-10-15(6-7-17(13)27-16-5-2-8-23-11-16)24-18(26)25-9-3-4-14(12-25)19(20,21)22/h2,5-8,10-11,14H,3-4,9,12H2,1H3,(H,24,26)/t14-/m0/s1. The number of pyridine rings is 1. The Bertz CT molecular complexity index is 797. The highest BCUT2D eigenvalue weighted by Gasteiger charge is 2.42.